The average molecular weight is 207 g/mol. The van der Waals surface area contributed by atoms with Crippen molar-refractivity contribution in [1.82, 2.24) is 5.32 Å². The summed E-state index contributed by atoms with van der Waals surface area (Å²) < 4.78 is 5.58. The molecular formula is C13H21NO. The van der Waals surface area contributed by atoms with Crippen LogP contribution in [-0.2, 0) is 6.54 Å². The average Bonchev–Trinajstić information content (AvgIpc) is 2.22. The molecule has 0 saturated heterocycles. The predicted octanol–water partition coefficient (Wildman–Crippen LogP) is 2.89. The molecule has 84 valence electrons. The number of aryl methyl sites for hydroxylation is 1. The van der Waals surface area contributed by atoms with Crippen LogP contribution in [-0.4, -0.2) is 13.2 Å². The third kappa shape index (κ3) is 3.92. The molecule has 1 N–H and O–H groups in total. The van der Waals surface area contributed by atoms with E-state index in [-0.39, 0.29) is 0 Å². The van der Waals surface area contributed by atoms with Gasteiger partial charge in [0.1, 0.15) is 5.75 Å². The Hall–Kier alpha value is -1.02. The van der Waals surface area contributed by atoms with E-state index in [1.807, 2.05) is 6.92 Å². The second-order valence-electron chi connectivity index (χ2n) is 3.72. The second-order valence-corrected chi connectivity index (χ2v) is 3.72. The molecule has 2 heteroatoms. The maximum absolute atomic E-state index is 5.58. The molecule has 0 aliphatic heterocycles. The van der Waals surface area contributed by atoms with E-state index >= 15 is 0 Å². The van der Waals surface area contributed by atoms with Crippen LogP contribution >= 0.6 is 0 Å². The summed E-state index contributed by atoms with van der Waals surface area (Å²) in [5.41, 5.74) is 2.54. The van der Waals surface area contributed by atoms with Gasteiger partial charge >= 0.3 is 0 Å². The van der Waals surface area contributed by atoms with Crippen molar-refractivity contribution < 1.29 is 4.74 Å². The normalized spacial score (nSPS) is 10.3. The molecule has 0 saturated carbocycles. The largest absolute Gasteiger partial charge is 0.494 e. The molecular weight excluding hydrogens is 186 g/mol. The summed E-state index contributed by atoms with van der Waals surface area (Å²) >= 11 is 0. The van der Waals surface area contributed by atoms with E-state index in [9.17, 15) is 0 Å². The van der Waals surface area contributed by atoms with Gasteiger partial charge < -0.3 is 10.1 Å². The van der Waals surface area contributed by atoms with Gasteiger partial charge in [0.05, 0.1) is 6.61 Å². The first-order valence-electron chi connectivity index (χ1n) is 5.71. The highest BCUT2D eigenvalue weighted by atomic mass is 16.5. The number of hydrogen-bond donors (Lipinski definition) is 1. The van der Waals surface area contributed by atoms with Gasteiger partial charge in [-0.05, 0) is 32.9 Å². The van der Waals surface area contributed by atoms with Gasteiger partial charge in [0.2, 0.25) is 0 Å². The van der Waals surface area contributed by atoms with Crippen LogP contribution in [0.4, 0.5) is 0 Å². The Labute approximate surface area is 92.6 Å². The smallest absolute Gasteiger partial charge is 0.123 e. The lowest BCUT2D eigenvalue weighted by Crippen LogP contribution is -2.14. The number of ether oxygens (including phenoxy) is 1. The molecule has 0 aliphatic rings. The topological polar surface area (TPSA) is 21.3 Å². The maximum atomic E-state index is 5.58. The molecule has 0 amide bonds. The highest BCUT2D eigenvalue weighted by Gasteiger charge is 2.02. The predicted molar refractivity (Wildman–Crippen MR) is 64.3 cm³/mol. The molecule has 0 radical (unpaired) electrons. The fourth-order valence-corrected chi connectivity index (χ4v) is 1.54. The van der Waals surface area contributed by atoms with Crippen molar-refractivity contribution in [2.24, 2.45) is 0 Å². The molecule has 1 rings (SSSR count). The summed E-state index contributed by atoms with van der Waals surface area (Å²) in [7, 11) is 0. The number of nitrogens with one attached hydrogen (secondary N) is 1. The molecule has 1 aromatic carbocycles. The zero-order valence-electron chi connectivity index (χ0n) is 9.97. The third-order valence-electron chi connectivity index (χ3n) is 2.26. The molecule has 15 heavy (non-hydrogen) atoms. The molecule has 0 heterocycles. The molecule has 0 spiro atoms. The Bertz CT molecular complexity index is 297. The van der Waals surface area contributed by atoms with Gasteiger partial charge in [-0.25, -0.2) is 0 Å². The van der Waals surface area contributed by atoms with Crippen LogP contribution in [0.2, 0.25) is 0 Å². The first-order valence-corrected chi connectivity index (χ1v) is 5.71. The van der Waals surface area contributed by atoms with E-state index in [2.05, 4.69) is 37.4 Å². The summed E-state index contributed by atoms with van der Waals surface area (Å²) in [5.74, 6) is 1.01. The Morgan fingerprint density at radius 3 is 2.73 bits per heavy atom. The Balaban J connectivity index is 2.68. The molecule has 0 bridgehead atoms. The molecule has 0 unspecified atom stereocenters. The SMILES string of the molecule is CCCNCc1cc(C)ccc1OCC. The summed E-state index contributed by atoms with van der Waals surface area (Å²) in [6.07, 6.45) is 1.16. The van der Waals surface area contributed by atoms with Crippen molar-refractivity contribution in [3.63, 3.8) is 0 Å². The Kier molecular flexibility index (Phi) is 5.19. The highest BCUT2D eigenvalue weighted by Crippen LogP contribution is 2.19. The van der Waals surface area contributed by atoms with Gasteiger partial charge in [0.15, 0.2) is 0 Å². The van der Waals surface area contributed by atoms with Crippen LogP contribution in [0.5, 0.6) is 5.75 Å². The van der Waals surface area contributed by atoms with Gasteiger partial charge in [-0.2, -0.15) is 0 Å². The molecule has 0 atom stereocenters. The van der Waals surface area contributed by atoms with Crippen molar-refractivity contribution in [2.75, 3.05) is 13.2 Å². The standard InChI is InChI=1S/C13H21NO/c1-4-8-14-10-12-9-11(3)6-7-13(12)15-5-2/h6-7,9,14H,4-5,8,10H2,1-3H3. The quantitative estimate of drug-likeness (QED) is 0.724. The van der Waals surface area contributed by atoms with Gasteiger partial charge in [-0.3, -0.25) is 0 Å². The third-order valence-corrected chi connectivity index (χ3v) is 2.26. The van der Waals surface area contributed by atoms with Crippen molar-refractivity contribution in [1.29, 1.82) is 0 Å². The van der Waals surface area contributed by atoms with E-state index < -0.39 is 0 Å². The van der Waals surface area contributed by atoms with Crippen LogP contribution in [0.1, 0.15) is 31.4 Å². The van der Waals surface area contributed by atoms with Gasteiger partial charge in [-0.1, -0.05) is 24.6 Å². The van der Waals surface area contributed by atoms with E-state index in [1.54, 1.807) is 0 Å². The monoisotopic (exact) mass is 207 g/mol. The van der Waals surface area contributed by atoms with E-state index in [0.717, 1.165) is 31.9 Å². The second kappa shape index (κ2) is 6.46. The van der Waals surface area contributed by atoms with Crippen LogP contribution in [0, 0.1) is 6.92 Å². The lowest BCUT2D eigenvalue weighted by molar-refractivity contribution is 0.335. The zero-order chi connectivity index (χ0) is 11.1. The fourth-order valence-electron chi connectivity index (χ4n) is 1.54. The van der Waals surface area contributed by atoms with Crippen LogP contribution < -0.4 is 10.1 Å². The summed E-state index contributed by atoms with van der Waals surface area (Å²) in [6.45, 7) is 8.98. The lowest BCUT2D eigenvalue weighted by atomic mass is 10.1. The summed E-state index contributed by atoms with van der Waals surface area (Å²) in [4.78, 5) is 0. The first kappa shape index (κ1) is 12.1. The minimum atomic E-state index is 0.726. The Morgan fingerprint density at radius 1 is 1.27 bits per heavy atom. The minimum absolute atomic E-state index is 0.726. The Morgan fingerprint density at radius 2 is 2.07 bits per heavy atom. The molecule has 0 fully saturated rings. The van der Waals surface area contributed by atoms with E-state index in [1.165, 1.54) is 11.1 Å². The maximum Gasteiger partial charge on any atom is 0.123 e. The highest BCUT2D eigenvalue weighted by molar-refractivity contribution is 5.36. The van der Waals surface area contributed by atoms with Crippen molar-refractivity contribution in [2.45, 2.75) is 33.7 Å². The van der Waals surface area contributed by atoms with Gasteiger partial charge in [0.25, 0.3) is 0 Å². The lowest BCUT2D eigenvalue weighted by Gasteiger charge is -2.11. The van der Waals surface area contributed by atoms with Gasteiger partial charge in [0, 0.05) is 12.1 Å². The number of benzene rings is 1. The first-order chi connectivity index (χ1) is 7.27. The molecule has 0 aliphatic carbocycles. The summed E-state index contributed by atoms with van der Waals surface area (Å²) in [6, 6.07) is 6.34. The van der Waals surface area contributed by atoms with Crippen molar-refractivity contribution in [3.8, 4) is 5.75 Å². The number of rotatable bonds is 6. The number of hydrogen-bond acceptors (Lipinski definition) is 2. The molecule has 1 aromatic rings. The summed E-state index contributed by atoms with van der Waals surface area (Å²) in [5, 5.41) is 3.40. The molecule has 0 aromatic heterocycles. The van der Waals surface area contributed by atoms with Crippen LogP contribution in [0.15, 0.2) is 18.2 Å². The van der Waals surface area contributed by atoms with E-state index in [0.29, 0.717) is 0 Å². The minimum Gasteiger partial charge on any atom is -0.494 e. The zero-order valence-corrected chi connectivity index (χ0v) is 9.97. The van der Waals surface area contributed by atoms with Crippen LogP contribution in [0.25, 0.3) is 0 Å². The van der Waals surface area contributed by atoms with Crippen molar-refractivity contribution in [3.05, 3.63) is 29.3 Å². The van der Waals surface area contributed by atoms with Crippen LogP contribution in [0.3, 0.4) is 0 Å². The molecule has 2 nitrogen and oxygen atoms in total. The van der Waals surface area contributed by atoms with Crippen molar-refractivity contribution >= 4 is 0 Å². The fraction of sp³-hybridized carbons (Fsp3) is 0.538. The van der Waals surface area contributed by atoms with E-state index in [4.69, 9.17) is 4.74 Å². The van der Waals surface area contributed by atoms with Gasteiger partial charge in [-0.15, -0.1) is 0 Å².